The molecule has 0 aromatic heterocycles. The Kier molecular flexibility index (Phi) is 3.52. The van der Waals surface area contributed by atoms with Crippen molar-refractivity contribution in [2.45, 2.75) is 25.8 Å². The Balaban J connectivity index is 2.20. The van der Waals surface area contributed by atoms with Gasteiger partial charge < -0.3 is 5.32 Å². The number of nitro benzene ring substituents is 1. The van der Waals surface area contributed by atoms with Crippen LogP contribution in [0.15, 0.2) is 18.2 Å². The van der Waals surface area contributed by atoms with Crippen LogP contribution >= 0.6 is 11.6 Å². The van der Waals surface area contributed by atoms with Crippen molar-refractivity contribution < 1.29 is 9.72 Å². The van der Waals surface area contributed by atoms with Crippen LogP contribution < -0.4 is 5.32 Å². The molecule has 1 N–H and O–H groups in total. The summed E-state index contributed by atoms with van der Waals surface area (Å²) in [6.45, 7) is 2.05. The number of hydrogen-bond donors (Lipinski definition) is 1. The summed E-state index contributed by atoms with van der Waals surface area (Å²) >= 11 is 5.75. The number of para-hydroxylation sites is 1. The molecule has 1 fully saturated rings. The lowest BCUT2D eigenvalue weighted by molar-refractivity contribution is -0.385. The lowest BCUT2D eigenvalue weighted by Gasteiger charge is -2.05. The number of nitrogens with one attached hydrogen (secondary N) is 1. The number of halogens is 1. The van der Waals surface area contributed by atoms with Gasteiger partial charge in [0.15, 0.2) is 0 Å². The zero-order valence-corrected chi connectivity index (χ0v) is 10.6. The highest BCUT2D eigenvalue weighted by Gasteiger charge is 2.37. The van der Waals surface area contributed by atoms with Crippen LogP contribution in [0, 0.1) is 16.0 Å². The molecule has 2 rings (SSSR count). The molecule has 1 amide bonds. The van der Waals surface area contributed by atoms with Gasteiger partial charge in [0, 0.05) is 6.04 Å². The third kappa shape index (κ3) is 2.46. The SMILES string of the molecule is CCC1CC1NC(=O)c1cccc(Cl)c1[N+](=O)[O-]. The van der Waals surface area contributed by atoms with Gasteiger partial charge in [-0.1, -0.05) is 31.0 Å². The number of nitro groups is 1. The predicted octanol–water partition coefficient (Wildman–Crippen LogP) is 2.78. The van der Waals surface area contributed by atoms with Crippen LogP contribution in [0.4, 0.5) is 5.69 Å². The summed E-state index contributed by atoms with van der Waals surface area (Å²) < 4.78 is 0. The molecule has 1 aromatic carbocycles. The normalized spacial score (nSPS) is 21.4. The number of carbonyl (C=O) groups is 1. The van der Waals surface area contributed by atoms with Gasteiger partial charge in [-0.15, -0.1) is 0 Å². The van der Waals surface area contributed by atoms with E-state index in [2.05, 4.69) is 12.2 Å². The maximum absolute atomic E-state index is 12.0. The Labute approximate surface area is 109 Å². The highest BCUT2D eigenvalue weighted by Crippen LogP contribution is 2.34. The fraction of sp³-hybridized carbons (Fsp3) is 0.417. The number of amides is 1. The zero-order chi connectivity index (χ0) is 13.3. The Bertz CT molecular complexity index is 504. The molecule has 0 bridgehead atoms. The number of rotatable bonds is 4. The molecule has 18 heavy (non-hydrogen) atoms. The number of hydrogen-bond acceptors (Lipinski definition) is 3. The Hall–Kier alpha value is -1.62. The second-order valence-electron chi connectivity index (χ2n) is 4.38. The predicted molar refractivity (Wildman–Crippen MR) is 67.8 cm³/mol. The summed E-state index contributed by atoms with van der Waals surface area (Å²) in [4.78, 5) is 22.2. The third-order valence-electron chi connectivity index (χ3n) is 3.18. The fourth-order valence-electron chi connectivity index (χ4n) is 2.01. The van der Waals surface area contributed by atoms with Gasteiger partial charge in [-0.25, -0.2) is 0 Å². The van der Waals surface area contributed by atoms with E-state index < -0.39 is 10.8 Å². The summed E-state index contributed by atoms with van der Waals surface area (Å²) in [6.07, 6.45) is 1.94. The molecule has 1 saturated carbocycles. The minimum atomic E-state index is -0.624. The second kappa shape index (κ2) is 4.94. The molecule has 1 aromatic rings. The van der Waals surface area contributed by atoms with Crippen molar-refractivity contribution in [2.24, 2.45) is 5.92 Å². The third-order valence-corrected chi connectivity index (χ3v) is 3.48. The standard InChI is InChI=1S/C12H13ClN2O3/c1-2-7-6-10(7)14-12(16)8-4-3-5-9(13)11(8)15(17)18/h3-5,7,10H,2,6H2,1H3,(H,14,16). The Morgan fingerprint density at radius 2 is 2.33 bits per heavy atom. The summed E-state index contributed by atoms with van der Waals surface area (Å²) in [5.41, 5.74) is -0.306. The molecule has 5 nitrogen and oxygen atoms in total. The van der Waals surface area contributed by atoms with Crippen molar-refractivity contribution in [3.8, 4) is 0 Å². The summed E-state index contributed by atoms with van der Waals surface area (Å²) in [6, 6.07) is 4.50. The zero-order valence-electron chi connectivity index (χ0n) is 9.85. The van der Waals surface area contributed by atoms with E-state index in [-0.39, 0.29) is 22.3 Å². The van der Waals surface area contributed by atoms with E-state index in [0.717, 1.165) is 12.8 Å². The van der Waals surface area contributed by atoms with Crippen molar-refractivity contribution in [1.29, 1.82) is 0 Å². The average molecular weight is 269 g/mol. The van der Waals surface area contributed by atoms with Gasteiger partial charge in [0.2, 0.25) is 0 Å². The van der Waals surface area contributed by atoms with Crippen LogP contribution in [0.25, 0.3) is 0 Å². The summed E-state index contributed by atoms with van der Waals surface area (Å²) in [5, 5.41) is 13.7. The lowest BCUT2D eigenvalue weighted by atomic mass is 10.1. The van der Waals surface area contributed by atoms with Crippen LogP contribution in [0.3, 0.4) is 0 Å². The first-order chi connectivity index (χ1) is 8.54. The van der Waals surface area contributed by atoms with Crippen LogP contribution in [-0.4, -0.2) is 16.9 Å². The lowest BCUT2D eigenvalue weighted by Crippen LogP contribution is -2.27. The first-order valence-electron chi connectivity index (χ1n) is 5.78. The summed E-state index contributed by atoms with van der Waals surface area (Å²) in [7, 11) is 0. The van der Waals surface area contributed by atoms with Gasteiger partial charge in [-0.3, -0.25) is 14.9 Å². The van der Waals surface area contributed by atoms with Gasteiger partial charge in [0.05, 0.1) is 4.92 Å². The Morgan fingerprint density at radius 1 is 1.61 bits per heavy atom. The van der Waals surface area contributed by atoms with Crippen molar-refractivity contribution in [2.75, 3.05) is 0 Å². The molecular formula is C12H13ClN2O3. The largest absolute Gasteiger partial charge is 0.349 e. The number of benzene rings is 1. The van der Waals surface area contributed by atoms with Crippen molar-refractivity contribution in [3.63, 3.8) is 0 Å². The van der Waals surface area contributed by atoms with Crippen molar-refractivity contribution >= 4 is 23.2 Å². The van der Waals surface area contributed by atoms with Gasteiger partial charge in [-0.2, -0.15) is 0 Å². The maximum Gasteiger partial charge on any atom is 0.300 e. The smallest absolute Gasteiger partial charge is 0.300 e. The molecule has 0 saturated heterocycles. The van der Waals surface area contributed by atoms with Gasteiger partial charge in [-0.05, 0) is 24.5 Å². The topological polar surface area (TPSA) is 72.2 Å². The summed E-state index contributed by atoms with van der Waals surface area (Å²) in [5.74, 6) is 0.0670. The fourth-order valence-corrected chi connectivity index (χ4v) is 2.25. The number of nitrogens with zero attached hydrogens (tertiary/aromatic N) is 1. The van der Waals surface area contributed by atoms with E-state index >= 15 is 0 Å². The van der Waals surface area contributed by atoms with Crippen LogP contribution in [0.2, 0.25) is 5.02 Å². The van der Waals surface area contributed by atoms with E-state index in [1.165, 1.54) is 18.2 Å². The molecular weight excluding hydrogens is 256 g/mol. The van der Waals surface area contributed by atoms with Crippen LogP contribution in [0.1, 0.15) is 30.1 Å². The minimum Gasteiger partial charge on any atom is -0.349 e. The molecule has 0 aliphatic heterocycles. The van der Waals surface area contributed by atoms with Gasteiger partial charge in [0.25, 0.3) is 5.91 Å². The first kappa shape index (κ1) is 12.8. The van der Waals surface area contributed by atoms with Crippen LogP contribution in [-0.2, 0) is 0 Å². The molecule has 1 aliphatic carbocycles. The maximum atomic E-state index is 12.0. The van der Waals surface area contributed by atoms with E-state index in [0.29, 0.717) is 5.92 Å². The molecule has 0 radical (unpaired) electrons. The molecule has 0 spiro atoms. The highest BCUT2D eigenvalue weighted by atomic mass is 35.5. The molecule has 96 valence electrons. The van der Waals surface area contributed by atoms with E-state index in [9.17, 15) is 14.9 Å². The quantitative estimate of drug-likeness (QED) is 0.674. The minimum absolute atomic E-state index is 0.0181. The Morgan fingerprint density at radius 3 is 2.89 bits per heavy atom. The van der Waals surface area contributed by atoms with Crippen molar-refractivity contribution in [3.05, 3.63) is 38.9 Å². The highest BCUT2D eigenvalue weighted by molar-refractivity contribution is 6.33. The van der Waals surface area contributed by atoms with E-state index in [1.807, 2.05) is 0 Å². The molecule has 2 unspecified atom stereocenters. The van der Waals surface area contributed by atoms with Crippen LogP contribution in [0.5, 0.6) is 0 Å². The molecule has 6 heteroatoms. The van der Waals surface area contributed by atoms with Gasteiger partial charge in [0.1, 0.15) is 10.6 Å². The van der Waals surface area contributed by atoms with Gasteiger partial charge >= 0.3 is 5.69 Å². The molecule has 2 atom stereocenters. The monoisotopic (exact) mass is 268 g/mol. The van der Waals surface area contributed by atoms with E-state index in [4.69, 9.17) is 11.6 Å². The molecule has 0 heterocycles. The first-order valence-corrected chi connectivity index (χ1v) is 6.16. The van der Waals surface area contributed by atoms with Crippen molar-refractivity contribution in [1.82, 2.24) is 5.32 Å². The molecule has 1 aliphatic rings. The van der Waals surface area contributed by atoms with E-state index in [1.54, 1.807) is 0 Å². The second-order valence-corrected chi connectivity index (χ2v) is 4.78. The average Bonchev–Trinajstić information content (AvgIpc) is 3.06. The number of carbonyl (C=O) groups excluding carboxylic acids is 1.